The molecule has 0 atom stereocenters. The fourth-order valence-corrected chi connectivity index (χ4v) is 1.05. The second-order valence-electron chi connectivity index (χ2n) is 2.86. The zero-order chi connectivity index (χ0) is 11.4. The molecule has 1 aromatic carbocycles. The summed E-state index contributed by atoms with van der Waals surface area (Å²) in [6, 6.07) is 3.90. The average Bonchev–Trinajstić information content (AvgIpc) is 2.20. The summed E-state index contributed by atoms with van der Waals surface area (Å²) >= 11 is 0. The quantitative estimate of drug-likeness (QED) is 0.757. The summed E-state index contributed by atoms with van der Waals surface area (Å²) in [6.45, 7) is 0. The van der Waals surface area contributed by atoms with E-state index in [4.69, 9.17) is 9.84 Å². The number of halogens is 1. The van der Waals surface area contributed by atoms with Crippen LogP contribution in [0.1, 0.15) is 5.56 Å². The first-order valence-corrected chi connectivity index (χ1v) is 4.13. The van der Waals surface area contributed by atoms with Crippen molar-refractivity contribution in [3.05, 3.63) is 29.6 Å². The Bertz CT molecular complexity index is 400. The van der Waals surface area contributed by atoms with Gasteiger partial charge in [0.2, 0.25) is 5.78 Å². The van der Waals surface area contributed by atoms with Crippen molar-refractivity contribution in [1.82, 2.24) is 0 Å². The predicted molar refractivity (Wildman–Crippen MR) is 49.3 cm³/mol. The number of rotatable bonds is 4. The van der Waals surface area contributed by atoms with Crippen molar-refractivity contribution in [3.8, 4) is 5.75 Å². The molecule has 0 spiro atoms. The van der Waals surface area contributed by atoms with Gasteiger partial charge in [-0.3, -0.25) is 4.79 Å². The van der Waals surface area contributed by atoms with Crippen molar-refractivity contribution in [2.24, 2.45) is 0 Å². The van der Waals surface area contributed by atoms with Crippen molar-refractivity contribution < 1.29 is 23.8 Å². The lowest BCUT2D eigenvalue weighted by Crippen LogP contribution is -2.15. The van der Waals surface area contributed by atoms with Crippen molar-refractivity contribution in [2.45, 2.75) is 6.42 Å². The molecule has 1 N–H and O–H groups in total. The molecule has 0 aliphatic heterocycles. The minimum absolute atomic E-state index is 0.0446. The molecule has 0 saturated heterocycles. The first kappa shape index (κ1) is 11.2. The van der Waals surface area contributed by atoms with Gasteiger partial charge in [-0.1, -0.05) is 6.07 Å². The van der Waals surface area contributed by atoms with E-state index in [9.17, 15) is 14.0 Å². The van der Waals surface area contributed by atoms with Crippen LogP contribution in [0.5, 0.6) is 5.75 Å². The zero-order valence-corrected chi connectivity index (χ0v) is 7.99. The number of ketones is 1. The molecular formula is C10H9FO4. The van der Waals surface area contributed by atoms with Gasteiger partial charge >= 0.3 is 5.97 Å². The molecule has 4 nitrogen and oxygen atoms in total. The Balaban J connectivity index is 2.87. The molecule has 0 aliphatic rings. The van der Waals surface area contributed by atoms with Crippen LogP contribution in [0.2, 0.25) is 0 Å². The van der Waals surface area contributed by atoms with Crippen LogP contribution in [0.25, 0.3) is 0 Å². The van der Waals surface area contributed by atoms with Crippen LogP contribution in [0, 0.1) is 5.82 Å². The largest absolute Gasteiger partial charge is 0.497 e. The van der Waals surface area contributed by atoms with Gasteiger partial charge < -0.3 is 9.84 Å². The van der Waals surface area contributed by atoms with Gasteiger partial charge in [0.25, 0.3) is 0 Å². The Hall–Kier alpha value is -1.91. The number of benzene rings is 1. The van der Waals surface area contributed by atoms with Gasteiger partial charge in [0.1, 0.15) is 11.6 Å². The predicted octanol–water partition coefficient (Wildman–Crippen LogP) is 1.03. The molecule has 0 fully saturated rings. The van der Waals surface area contributed by atoms with Crippen molar-refractivity contribution in [3.63, 3.8) is 0 Å². The van der Waals surface area contributed by atoms with Gasteiger partial charge in [-0.05, 0) is 11.6 Å². The molecule has 0 aromatic heterocycles. The Labute approximate surface area is 85.3 Å². The summed E-state index contributed by atoms with van der Waals surface area (Å²) < 4.78 is 18.0. The van der Waals surface area contributed by atoms with Gasteiger partial charge in [-0.25, -0.2) is 9.18 Å². The van der Waals surface area contributed by atoms with Crippen LogP contribution in [0.3, 0.4) is 0 Å². The van der Waals surface area contributed by atoms with Crippen LogP contribution in [0.4, 0.5) is 4.39 Å². The molecule has 0 unspecified atom stereocenters. The Morgan fingerprint density at radius 1 is 1.47 bits per heavy atom. The number of Topliss-reactive ketones (excluding diaryl/α,β-unsaturated/α-hetero) is 1. The van der Waals surface area contributed by atoms with Gasteiger partial charge in [-0.15, -0.1) is 0 Å². The van der Waals surface area contributed by atoms with Gasteiger partial charge in [0, 0.05) is 12.5 Å². The van der Waals surface area contributed by atoms with E-state index >= 15 is 0 Å². The van der Waals surface area contributed by atoms with Crippen molar-refractivity contribution in [2.75, 3.05) is 7.11 Å². The first-order chi connectivity index (χ1) is 7.04. The SMILES string of the molecule is COc1ccc(CC(=O)C(=O)O)c(F)c1. The molecular weight excluding hydrogens is 203 g/mol. The van der Waals surface area contributed by atoms with Crippen molar-refractivity contribution in [1.29, 1.82) is 0 Å². The van der Waals surface area contributed by atoms with Crippen LogP contribution < -0.4 is 4.74 Å². The minimum atomic E-state index is -1.56. The highest BCUT2D eigenvalue weighted by Gasteiger charge is 2.15. The van der Waals surface area contributed by atoms with Crippen molar-refractivity contribution >= 4 is 11.8 Å². The van der Waals surface area contributed by atoms with E-state index in [2.05, 4.69) is 0 Å². The van der Waals surface area contributed by atoms with Crippen LogP contribution in [0.15, 0.2) is 18.2 Å². The summed E-state index contributed by atoms with van der Waals surface area (Å²) in [4.78, 5) is 21.1. The average molecular weight is 212 g/mol. The lowest BCUT2D eigenvalue weighted by atomic mass is 10.1. The van der Waals surface area contributed by atoms with E-state index < -0.39 is 24.0 Å². The maximum Gasteiger partial charge on any atom is 0.372 e. The third-order valence-corrected chi connectivity index (χ3v) is 1.85. The summed E-state index contributed by atoms with van der Waals surface area (Å²) in [7, 11) is 1.39. The highest BCUT2D eigenvalue weighted by Crippen LogP contribution is 2.16. The number of hydrogen-bond acceptors (Lipinski definition) is 3. The topological polar surface area (TPSA) is 63.6 Å². The van der Waals surface area contributed by atoms with E-state index in [0.717, 1.165) is 6.07 Å². The van der Waals surface area contributed by atoms with E-state index in [0.29, 0.717) is 5.75 Å². The Morgan fingerprint density at radius 2 is 2.13 bits per heavy atom. The molecule has 0 saturated carbocycles. The van der Waals surface area contributed by atoms with E-state index in [1.165, 1.54) is 19.2 Å². The monoisotopic (exact) mass is 212 g/mol. The lowest BCUT2D eigenvalue weighted by molar-refractivity contribution is -0.148. The third-order valence-electron chi connectivity index (χ3n) is 1.85. The molecule has 0 bridgehead atoms. The first-order valence-electron chi connectivity index (χ1n) is 4.13. The number of hydrogen-bond donors (Lipinski definition) is 1. The summed E-state index contributed by atoms with van der Waals surface area (Å²) in [5.41, 5.74) is 0.0446. The molecule has 1 rings (SSSR count). The molecule has 0 amide bonds. The second-order valence-corrected chi connectivity index (χ2v) is 2.86. The van der Waals surface area contributed by atoms with Gasteiger partial charge in [0.15, 0.2) is 0 Å². The van der Waals surface area contributed by atoms with E-state index in [1.807, 2.05) is 0 Å². The van der Waals surface area contributed by atoms with E-state index in [1.54, 1.807) is 0 Å². The highest BCUT2D eigenvalue weighted by atomic mass is 19.1. The molecule has 80 valence electrons. The Kier molecular flexibility index (Phi) is 3.38. The fourth-order valence-electron chi connectivity index (χ4n) is 1.05. The fraction of sp³-hybridized carbons (Fsp3) is 0.200. The smallest absolute Gasteiger partial charge is 0.372 e. The van der Waals surface area contributed by atoms with Gasteiger partial charge in [-0.2, -0.15) is 0 Å². The molecule has 1 aromatic rings. The lowest BCUT2D eigenvalue weighted by Gasteiger charge is -2.03. The number of methoxy groups -OCH3 is 1. The standard InChI is InChI=1S/C10H9FO4/c1-15-7-3-2-6(8(11)5-7)4-9(12)10(13)14/h2-3,5H,4H2,1H3,(H,13,14). The molecule has 0 heterocycles. The maximum atomic E-state index is 13.2. The highest BCUT2D eigenvalue weighted by molar-refractivity contribution is 6.33. The van der Waals surface area contributed by atoms with Gasteiger partial charge in [0.05, 0.1) is 7.11 Å². The van der Waals surface area contributed by atoms with E-state index in [-0.39, 0.29) is 5.56 Å². The minimum Gasteiger partial charge on any atom is -0.497 e. The second kappa shape index (κ2) is 4.54. The number of ether oxygens (including phenoxy) is 1. The molecule has 0 aliphatic carbocycles. The molecule has 5 heteroatoms. The van der Waals surface area contributed by atoms with Crippen LogP contribution in [-0.4, -0.2) is 24.0 Å². The molecule has 15 heavy (non-hydrogen) atoms. The van der Waals surface area contributed by atoms with Crippen LogP contribution in [-0.2, 0) is 16.0 Å². The van der Waals surface area contributed by atoms with Crippen LogP contribution >= 0.6 is 0 Å². The third kappa shape index (κ3) is 2.77. The number of carboxylic acid groups (broad SMARTS) is 1. The normalized spacial score (nSPS) is 9.73. The number of carbonyl (C=O) groups is 2. The number of aliphatic carboxylic acids is 1. The summed E-state index contributed by atoms with van der Waals surface area (Å²) in [6.07, 6.45) is -0.453. The zero-order valence-electron chi connectivity index (χ0n) is 7.99. The maximum absolute atomic E-state index is 13.2. The summed E-state index contributed by atoms with van der Waals surface area (Å²) in [5.74, 6) is -2.94. The summed E-state index contributed by atoms with van der Waals surface area (Å²) in [5, 5.41) is 8.34. The Morgan fingerprint density at radius 3 is 2.60 bits per heavy atom. The number of carboxylic acids is 1. The number of carbonyl (C=O) groups excluding carboxylic acids is 1. The molecule has 0 radical (unpaired) electrons.